The van der Waals surface area contributed by atoms with E-state index < -0.39 is 10.0 Å². The second-order valence-electron chi connectivity index (χ2n) is 3.72. The van der Waals surface area contributed by atoms with Crippen LogP contribution in [0.5, 0.6) is 0 Å². The Morgan fingerprint density at radius 2 is 1.88 bits per heavy atom. The fourth-order valence-corrected chi connectivity index (χ4v) is 3.31. The van der Waals surface area contributed by atoms with Crippen molar-refractivity contribution in [2.24, 2.45) is 5.73 Å². The first-order chi connectivity index (χ1) is 7.86. The molecule has 0 aliphatic heterocycles. The molecule has 0 aliphatic rings. The summed E-state index contributed by atoms with van der Waals surface area (Å²) in [5.74, 6) is -0.302. The molecule has 2 N–H and O–H groups in total. The molecule has 0 saturated heterocycles. The normalized spacial score (nSPS) is 11.2. The van der Waals surface area contributed by atoms with E-state index in [-0.39, 0.29) is 10.7 Å². The summed E-state index contributed by atoms with van der Waals surface area (Å²) < 4.78 is 25.3. The van der Waals surface area contributed by atoms with Crippen LogP contribution in [0.15, 0.2) is 24.3 Å². The molecule has 0 fully saturated rings. The van der Waals surface area contributed by atoms with Crippen LogP contribution in [0, 0.1) is 6.92 Å². The van der Waals surface area contributed by atoms with Crippen molar-refractivity contribution < 1.29 is 8.42 Å². The number of thiocarbonyl (C=S) groups is 1. The fourth-order valence-electron chi connectivity index (χ4n) is 1.51. The largest absolute Gasteiger partial charge is 0.392 e. The van der Waals surface area contributed by atoms with Gasteiger partial charge in [0.25, 0.3) is 0 Å². The van der Waals surface area contributed by atoms with Gasteiger partial charge >= 0.3 is 0 Å². The zero-order valence-corrected chi connectivity index (χ0v) is 11.5. The van der Waals surface area contributed by atoms with Crippen molar-refractivity contribution in [3.8, 4) is 0 Å². The van der Waals surface area contributed by atoms with Crippen molar-refractivity contribution in [3.05, 3.63) is 29.8 Å². The van der Waals surface area contributed by atoms with E-state index in [1.54, 1.807) is 19.1 Å². The molecule has 4 nitrogen and oxygen atoms in total. The molecule has 0 unspecified atom stereocenters. The number of nitrogens with two attached hydrogens (primary N) is 1. The molecule has 6 heteroatoms. The maximum atomic E-state index is 12.0. The molecule has 0 saturated carbocycles. The van der Waals surface area contributed by atoms with Gasteiger partial charge in [-0.2, -0.15) is 0 Å². The van der Waals surface area contributed by atoms with Gasteiger partial charge in [-0.1, -0.05) is 29.9 Å². The Morgan fingerprint density at radius 3 is 2.29 bits per heavy atom. The molecule has 94 valence electrons. The first kappa shape index (κ1) is 13.9. The minimum absolute atomic E-state index is 0.0180. The summed E-state index contributed by atoms with van der Waals surface area (Å²) in [6.07, 6.45) is 0. The monoisotopic (exact) mass is 272 g/mol. The lowest BCUT2D eigenvalue weighted by atomic mass is 10.2. The Morgan fingerprint density at radius 1 is 1.35 bits per heavy atom. The van der Waals surface area contributed by atoms with E-state index in [9.17, 15) is 8.42 Å². The predicted octanol–water partition coefficient (Wildman–Crippen LogP) is 1.44. The van der Waals surface area contributed by atoms with Crippen LogP contribution in [0.3, 0.4) is 0 Å². The first-order valence-corrected chi connectivity index (χ1v) is 7.24. The van der Waals surface area contributed by atoms with Gasteiger partial charge < -0.3 is 5.73 Å². The van der Waals surface area contributed by atoms with Crippen molar-refractivity contribution in [2.45, 2.75) is 13.8 Å². The van der Waals surface area contributed by atoms with Crippen LogP contribution in [0.25, 0.3) is 0 Å². The van der Waals surface area contributed by atoms with Crippen molar-refractivity contribution in [3.63, 3.8) is 0 Å². The molecule has 17 heavy (non-hydrogen) atoms. The summed E-state index contributed by atoms with van der Waals surface area (Å²) in [7, 11) is -3.47. The van der Waals surface area contributed by atoms with Gasteiger partial charge in [-0.15, -0.1) is 0 Å². The zero-order chi connectivity index (χ0) is 13.1. The molecule has 1 aromatic rings. The Balaban J connectivity index is 3.07. The van der Waals surface area contributed by atoms with E-state index in [1.807, 2.05) is 19.1 Å². The maximum Gasteiger partial charge on any atom is 0.241 e. The lowest BCUT2D eigenvalue weighted by Crippen LogP contribution is -2.36. The van der Waals surface area contributed by atoms with Crippen LogP contribution in [-0.2, 0) is 10.0 Å². The molecule has 1 aromatic carbocycles. The summed E-state index contributed by atoms with van der Waals surface area (Å²) in [5, 5.41) is 0. The number of benzene rings is 1. The van der Waals surface area contributed by atoms with Gasteiger partial charge in [0.1, 0.15) is 5.75 Å². The van der Waals surface area contributed by atoms with E-state index in [4.69, 9.17) is 5.73 Å². The van der Waals surface area contributed by atoms with Crippen molar-refractivity contribution in [1.29, 1.82) is 0 Å². The van der Waals surface area contributed by atoms with Crippen molar-refractivity contribution in [1.82, 2.24) is 0 Å². The summed E-state index contributed by atoms with van der Waals surface area (Å²) in [6, 6.07) is 7.29. The zero-order valence-electron chi connectivity index (χ0n) is 9.88. The van der Waals surface area contributed by atoms with Crippen LogP contribution in [0.2, 0.25) is 0 Å². The SMILES string of the molecule is CCN(c1ccc(C)cc1)S(=O)(=O)CC(N)=S. The predicted molar refractivity (Wildman–Crippen MR) is 74.8 cm³/mol. The van der Waals surface area contributed by atoms with Crippen LogP contribution >= 0.6 is 12.2 Å². The number of hydrogen-bond acceptors (Lipinski definition) is 3. The second-order valence-corrected chi connectivity index (χ2v) is 6.14. The lowest BCUT2D eigenvalue weighted by Gasteiger charge is -2.22. The molecule has 0 bridgehead atoms. The van der Waals surface area contributed by atoms with Gasteiger partial charge in [-0.3, -0.25) is 4.31 Å². The second kappa shape index (κ2) is 5.46. The van der Waals surface area contributed by atoms with Crippen molar-refractivity contribution >= 4 is 32.9 Å². The number of nitrogens with zero attached hydrogens (tertiary/aromatic N) is 1. The van der Waals surface area contributed by atoms with Crippen LogP contribution < -0.4 is 10.0 Å². The van der Waals surface area contributed by atoms with Gasteiger partial charge in [-0.05, 0) is 26.0 Å². The molecular weight excluding hydrogens is 256 g/mol. The van der Waals surface area contributed by atoms with Crippen LogP contribution in [0.4, 0.5) is 5.69 Å². The van der Waals surface area contributed by atoms with Crippen LogP contribution in [0.1, 0.15) is 12.5 Å². The fraction of sp³-hybridized carbons (Fsp3) is 0.364. The quantitative estimate of drug-likeness (QED) is 0.824. The number of anilines is 1. The molecule has 0 heterocycles. The Hall–Kier alpha value is -1.14. The highest BCUT2D eigenvalue weighted by Crippen LogP contribution is 2.18. The summed E-state index contributed by atoms with van der Waals surface area (Å²) in [5.41, 5.74) is 7.01. The van der Waals surface area contributed by atoms with Gasteiger partial charge in [0.05, 0.1) is 10.7 Å². The van der Waals surface area contributed by atoms with Crippen molar-refractivity contribution in [2.75, 3.05) is 16.6 Å². The topological polar surface area (TPSA) is 63.4 Å². The van der Waals surface area contributed by atoms with Gasteiger partial charge in [0.15, 0.2) is 0 Å². The van der Waals surface area contributed by atoms with E-state index in [2.05, 4.69) is 12.2 Å². The standard InChI is InChI=1S/C11H16N2O2S2/c1-3-13(17(14,15)8-11(12)16)10-6-4-9(2)5-7-10/h4-7H,3,8H2,1-2H3,(H2,12,16). The molecular formula is C11H16N2O2S2. The van der Waals surface area contributed by atoms with Gasteiger partial charge in [0.2, 0.25) is 10.0 Å². The average Bonchev–Trinajstić information content (AvgIpc) is 2.19. The third-order valence-corrected chi connectivity index (χ3v) is 4.41. The number of rotatable bonds is 5. The van der Waals surface area contributed by atoms with E-state index in [0.717, 1.165) is 5.56 Å². The molecule has 0 radical (unpaired) electrons. The lowest BCUT2D eigenvalue weighted by molar-refractivity contribution is 0.596. The molecule has 0 aliphatic carbocycles. The first-order valence-electron chi connectivity index (χ1n) is 5.22. The summed E-state index contributed by atoms with van der Waals surface area (Å²) in [6.45, 7) is 4.08. The number of hydrogen-bond donors (Lipinski definition) is 1. The minimum atomic E-state index is -3.47. The Labute approximate surface area is 107 Å². The van der Waals surface area contributed by atoms with Crippen LogP contribution in [-0.4, -0.2) is 25.7 Å². The third kappa shape index (κ3) is 3.67. The summed E-state index contributed by atoms with van der Waals surface area (Å²) in [4.78, 5) is -0.0180. The Bertz CT molecular complexity index is 495. The van der Waals surface area contributed by atoms with Gasteiger partial charge in [0, 0.05) is 6.54 Å². The molecule has 0 atom stereocenters. The minimum Gasteiger partial charge on any atom is -0.392 e. The summed E-state index contributed by atoms with van der Waals surface area (Å²) >= 11 is 4.65. The molecule has 0 amide bonds. The molecule has 0 aromatic heterocycles. The average molecular weight is 272 g/mol. The van der Waals surface area contributed by atoms with E-state index >= 15 is 0 Å². The highest BCUT2D eigenvalue weighted by molar-refractivity contribution is 7.95. The smallest absolute Gasteiger partial charge is 0.241 e. The highest BCUT2D eigenvalue weighted by Gasteiger charge is 2.21. The van der Waals surface area contributed by atoms with E-state index in [0.29, 0.717) is 12.2 Å². The van der Waals surface area contributed by atoms with E-state index in [1.165, 1.54) is 4.31 Å². The molecule has 0 spiro atoms. The Kier molecular flexibility index (Phi) is 4.47. The third-order valence-electron chi connectivity index (χ3n) is 2.27. The number of sulfonamides is 1. The molecule has 1 rings (SSSR count). The van der Waals surface area contributed by atoms with Gasteiger partial charge in [-0.25, -0.2) is 8.42 Å². The number of aryl methyl sites for hydroxylation is 1. The maximum absolute atomic E-state index is 12.0. The highest BCUT2D eigenvalue weighted by atomic mass is 32.2.